The van der Waals surface area contributed by atoms with Crippen LogP contribution in [0.2, 0.25) is 0 Å². The first kappa shape index (κ1) is 17.3. The summed E-state index contributed by atoms with van der Waals surface area (Å²) in [7, 11) is 1.42. The molecule has 2 rings (SSSR count). The number of methoxy groups -OCH3 is 1. The molecule has 0 aliphatic heterocycles. The second kappa shape index (κ2) is 7.97. The molecule has 0 radical (unpaired) electrons. The number of aromatic amines is 2. The summed E-state index contributed by atoms with van der Waals surface area (Å²) in [4.78, 5) is 35.8. The minimum Gasteiger partial charge on any atom is -0.504 e. The number of aromatic nitrogens is 3. The van der Waals surface area contributed by atoms with Gasteiger partial charge in [0.25, 0.3) is 5.56 Å². The van der Waals surface area contributed by atoms with Gasteiger partial charge in [0.2, 0.25) is 5.91 Å². The number of rotatable bonds is 6. The number of H-pyrrole nitrogens is 2. The van der Waals surface area contributed by atoms with E-state index in [0.717, 1.165) is 11.8 Å². The van der Waals surface area contributed by atoms with Gasteiger partial charge in [-0.1, -0.05) is 11.8 Å². The lowest BCUT2D eigenvalue weighted by molar-refractivity contribution is -0.118. The van der Waals surface area contributed by atoms with Crippen LogP contribution in [0.5, 0.6) is 11.5 Å². The van der Waals surface area contributed by atoms with Gasteiger partial charge in [0.1, 0.15) is 0 Å². The number of hydrazone groups is 1. The molecular formula is C13H13N5O5S. The van der Waals surface area contributed by atoms with Crippen molar-refractivity contribution in [2.45, 2.75) is 5.03 Å². The summed E-state index contributed by atoms with van der Waals surface area (Å²) in [6.07, 6.45) is 1.37. The Morgan fingerprint density at radius 1 is 1.50 bits per heavy atom. The number of amides is 1. The van der Waals surface area contributed by atoms with Crippen LogP contribution in [0.25, 0.3) is 0 Å². The Morgan fingerprint density at radius 3 is 3.00 bits per heavy atom. The number of phenolic OH excluding ortho intramolecular Hbond substituents is 1. The fraction of sp³-hybridized carbons (Fsp3) is 0.154. The van der Waals surface area contributed by atoms with E-state index in [9.17, 15) is 19.5 Å². The van der Waals surface area contributed by atoms with E-state index in [0.29, 0.717) is 5.56 Å². The maximum Gasteiger partial charge on any atom is 0.342 e. The summed E-state index contributed by atoms with van der Waals surface area (Å²) >= 11 is 0.854. The second-order valence-corrected chi connectivity index (χ2v) is 5.29. The van der Waals surface area contributed by atoms with Gasteiger partial charge in [0.05, 0.1) is 19.1 Å². The van der Waals surface area contributed by atoms with Gasteiger partial charge in [0, 0.05) is 0 Å². The van der Waals surface area contributed by atoms with Gasteiger partial charge in [-0.3, -0.25) is 14.6 Å². The van der Waals surface area contributed by atoms with Crippen molar-refractivity contribution in [3.8, 4) is 11.5 Å². The number of nitrogens with zero attached hydrogens (tertiary/aromatic N) is 2. The molecule has 24 heavy (non-hydrogen) atoms. The quantitative estimate of drug-likeness (QED) is 0.309. The molecule has 0 aliphatic carbocycles. The van der Waals surface area contributed by atoms with Gasteiger partial charge >= 0.3 is 5.69 Å². The third-order valence-electron chi connectivity index (χ3n) is 2.63. The van der Waals surface area contributed by atoms with Crippen molar-refractivity contribution >= 4 is 23.9 Å². The van der Waals surface area contributed by atoms with Crippen molar-refractivity contribution in [1.29, 1.82) is 0 Å². The van der Waals surface area contributed by atoms with Crippen LogP contribution in [0.4, 0.5) is 0 Å². The molecule has 0 fully saturated rings. The third kappa shape index (κ3) is 4.71. The summed E-state index contributed by atoms with van der Waals surface area (Å²) in [5.41, 5.74) is 1.50. The van der Waals surface area contributed by atoms with E-state index < -0.39 is 17.2 Å². The SMILES string of the molecule is COc1cc(C=NNC(=O)CSc2n[nH]c(=O)[nH]c2=O)ccc1O. The Balaban J connectivity index is 1.88. The summed E-state index contributed by atoms with van der Waals surface area (Å²) in [6, 6.07) is 4.57. The number of ether oxygens (including phenoxy) is 1. The van der Waals surface area contributed by atoms with Gasteiger partial charge < -0.3 is 9.84 Å². The van der Waals surface area contributed by atoms with Gasteiger partial charge in [-0.15, -0.1) is 0 Å². The Hall–Kier alpha value is -3.08. The number of carbonyl (C=O) groups is 1. The number of carbonyl (C=O) groups excluding carboxylic acids is 1. The van der Waals surface area contributed by atoms with E-state index in [4.69, 9.17) is 4.74 Å². The molecule has 0 unspecified atom stereocenters. The largest absolute Gasteiger partial charge is 0.504 e. The predicted molar refractivity (Wildman–Crippen MR) is 86.6 cm³/mol. The molecule has 0 bridgehead atoms. The van der Waals surface area contributed by atoms with Crippen LogP contribution in [0.3, 0.4) is 0 Å². The van der Waals surface area contributed by atoms with Gasteiger partial charge in [0.15, 0.2) is 16.5 Å². The molecule has 1 amide bonds. The molecule has 0 saturated heterocycles. The fourth-order valence-corrected chi connectivity index (χ4v) is 2.18. The highest BCUT2D eigenvalue weighted by Crippen LogP contribution is 2.25. The number of nitrogens with one attached hydrogen (secondary N) is 3. The summed E-state index contributed by atoms with van der Waals surface area (Å²) in [5, 5.41) is 18.8. The number of aromatic hydroxyl groups is 1. The number of phenols is 1. The average Bonchev–Trinajstić information content (AvgIpc) is 2.55. The number of thioether (sulfide) groups is 1. The van der Waals surface area contributed by atoms with Crippen LogP contribution >= 0.6 is 11.8 Å². The molecule has 0 spiro atoms. The van der Waals surface area contributed by atoms with Crippen LogP contribution in [0, 0.1) is 0 Å². The second-order valence-electron chi connectivity index (χ2n) is 4.33. The number of hydrogen-bond donors (Lipinski definition) is 4. The van der Waals surface area contributed by atoms with Gasteiger partial charge in [-0.05, 0) is 23.8 Å². The van der Waals surface area contributed by atoms with Crippen LogP contribution in [0.1, 0.15) is 5.56 Å². The maximum atomic E-state index is 11.6. The zero-order valence-electron chi connectivity index (χ0n) is 12.4. The molecule has 0 aliphatic rings. The third-order valence-corrected chi connectivity index (χ3v) is 3.58. The highest BCUT2D eigenvalue weighted by molar-refractivity contribution is 7.99. The van der Waals surface area contributed by atoms with Crippen molar-refractivity contribution in [3.05, 3.63) is 44.6 Å². The predicted octanol–water partition coefficient (Wildman–Crippen LogP) is -0.585. The first-order chi connectivity index (χ1) is 11.5. The van der Waals surface area contributed by atoms with Crippen molar-refractivity contribution in [1.82, 2.24) is 20.6 Å². The zero-order chi connectivity index (χ0) is 17.5. The maximum absolute atomic E-state index is 11.6. The smallest absolute Gasteiger partial charge is 0.342 e. The lowest BCUT2D eigenvalue weighted by Gasteiger charge is -2.03. The lowest BCUT2D eigenvalue weighted by Crippen LogP contribution is -2.26. The summed E-state index contributed by atoms with van der Waals surface area (Å²) < 4.78 is 4.95. The number of hydrogen-bond acceptors (Lipinski definition) is 8. The zero-order valence-corrected chi connectivity index (χ0v) is 13.2. The molecule has 10 nitrogen and oxygen atoms in total. The first-order valence-corrected chi connectivity index (χ1v) is 7.49. The Morgan fingerprint density at radius 2 is 2.29 bits per heavy atom. The van der Waals surface area contributed by atoms with E-state index in [2.05, 4.69) is 20.7 Å². The molecule has 1 aromatic carbocycles. The topological polar surface area (TPSA) is 150 Å². The molecule has 0 saturated carbocycles. The van der Waals surface area contributed by atoms with Crippen LogP contribution in [0.15, 0.2) is 37.9 Å². The van der Waals surface area contributed by atoms with E-state index in [1.807, 2.05) is 4.98 Å². The van der Waals surface area contributed by atoms with Crippen molar-refractivity contribution in [2.24, 2.45) is 5.10 Å². The monoisotopic (exact) mass is 351 g/mol. The standard InChI is InChI=1S/C13H13N5O5S/c1-23-9-4-7(2-3-8(9)19)5-14-16-10(20)6-24-12-11(21)15-13(22)18-17-12/h2-5,19H,6H2,1H3,(H,16,20)(H2,15,18,21,22). The Labute approximate surface area is 139 Å². The Bertz CT molecular complexity index is 876. The number of benzene rings is 1. The molecule has 126 valence electrons. The molecule has 0 atom stereocenters. The highest BCUT2D eigenvalue weighted by Gasteiger charge is 2.07. The van der Waals surface area contributed by atoms with Crippen molar-refractivity contribution < 1.29 is 14.6 Å². The minimum atomic E-state index is -0.720. The van der Waals surface area contributed by atoms with E-state index >= 15 is 0 Å². The molecular weight excluding hydrogens is 338 g/mol. The van der Waals surface area contributed by atoms with Crippen LogP contribution < -0.4 is 21.4 Å². The molecule has 2 aromatic rings. The highest BCUT2D eigenvalue weighted by atomic mass is 32.2. The first-order valence-electron chi connectivity index (χ1n) is 6.50. The van der Waals surface area contributed by atoms with Crippen molar-refractivity contribution in [2.75, 3.05) is 12.9 Å². The normalized spacial score (nSPS) is 10.7. The molecule has 4 N–H and O–H groups in total. The summed E-state index contributed by atoms with van der Waals surface area (Å²) in [5.74, 6) is -0.300. The molecule has 1 aromatic heterocycles. The van der Waals surface area contributed by atoms with E-state index in [-0.39, 0.29) is 22.3 Å². The van der Waals surface area contributed by atoms with E-state index in [1.54, 1.807) is 12.1 Å². The minimum absolute atomic E-state index is 0.00582. The van der Waals surface area contributed by atoms with Crippen LogP contribution in [-0.2, 0) is 4.79 Å². The molecule has 11 heteroatoms. The Kier molecular flexibility index (Phi) is 5.73. The van der Waals surface area contributed by atoms with E-state index in [1.165, 1.54) is 19.4 Å². The molecule has 1 heterocycles. The lowest BCUT2D eigenvalue weighted by atomic mass is 10.2. The summed E-state index contributed by atoms with van der Waals surface area (Å²) in [6.45, 7) is 0. The average molecular weight is 351 g/mol. The fourth-order valence-electron chi connectivity index (χ4n) is 1.55. The van der Waals surface area contributed by atoms with Crippen molar-refractivity contribution in [3.63, 3.8) is 0 Å². The van der Waals surface area contributed by atoms with Gasteiger partial charge in [-0.2, -0.15) is 10.2 Å². The van der Waals surface area contributed by atoms with Crippen LogP contribution in [-0.4, -0.2) is 45.3 Å². The van der Waals surface area contributed by atoms with Gasteiger partial charge in [-0.25, -0.2) is 15.3 Å².